The van der Waals surface area contributed by atoms with E-state index in [1.54, 1.807) is 27.8 Å². The number of hydroxylamine groups is 2. The van der Waals surface area contributed by atoms with Crippen molar-refractivity contribution in [3.63, 3.8) is 0 Å². The van der Waals surface area contributed by atoms with Crippen LogP contribution in [0.2, 0.25) is 0 Å². The molecule has 0 saturated carbocycles. The molecule has 1 fully saturated rings. The molecular weight excluding hydrogens is 733 g/mol. The number of hydrogen-bond donors (Lipinski definition) is 0. The van der Waals surface area contributed by atoms with Crippen LogP contribution in [0.5, 0.6) is 0 Å². The van der Waals surface area contributed by atoms with Gasteiger partial charge in [-0.15, -0.1) is 16.8 Å². The van der Waals surface area contributed by atoms with Crippen molar-refractivity contribution in [2.75, 3.05) is 40.0 Å². The summed E-state index contributed by atoms with van der Waals surface area (Å²) < 4.78 is 4.95. The average Bonchev–Trinajstić information content (AvgIpc) is 3.50. The number of ether oxygens (including phenoxy) is 1. The summed E-state index contributed by atoms with van der Waals surface area (Å²) in [6.07, 6.45) is 0.966. The fourth-order valence-corrected chi connectivity index (χ4v) is 7.90. The SMILES string of the molecule is CN(CCN(C)C(=O)[C@H](CC(=O)ON1C(=O)CCC1=O)N(C)C(=O)CCCCCSC(c1ccccc1)(c1ccccc1)c1ccccc1)C(=O)OC(C)(C)C. The topological polar surface area (TPSA) is 134 Å². The first kappa shape index (κ1) is 43.6. The monoisotopic (exact) mass is 786 g/mol. The van der Waals surface area contributed by atoms with Gasteiger partial charge in [0.2, 0.25) is 11.8 Å². The average molecular weight is 787 g/mol. The van der Waals surface area contributed by atoms with Crippen molar-refractivity contribution in [3.05, 3.63) is 108 Å². The van der Waals surface area contributed by atoms with Gasteiger partial charge < -0.3 is 24.3 Å². The fraction of sp³-hybridized carbons (Fsp3) is 0.442. The molecular formula is C43H54N4O8S. The highest BCUT2D eigenvalue weighted by Crippen LogP contribution is 2.48. The molecule has 0 aromatic heterocycles. The number of likely N-dealkylation sites (N-methyl/N-ethyl adjacent to an activating group) is 3. The Hall–Kier alpha value is -5.17. The largest absolute Gasteiger partial charge is 0.444 e. The van der Waals surface area contributed by atoms with Crippen molar-refractivity contribution < 1.29 is 38.3 Å². The smallest absolute Gasteiger partial charge is 0.410 e. The molecule has 56 heavy (non-hydrogen) atoms. The molecule has 1 aliphatic rings. The van der Waals surface area contributed by atoms with Gasteiger partial charge in [0.05, 0.1) is 11.2 Å². The normalized spacial score (nSPS) is 13.6. The first-order chi connectivity index (χ1) is 26.6. The van der Waals surface area contributed by atoms with E-state index in [0.29, 0.717) is 11.5 Å². The van der Waals surface area contributed by atoms with E-state index in [9.17, 15) is 28.8 Å². The summed E-state index contributed by atoms with van der Waals surface area (Å²) in [6, 6.07) is 30.1. The van der Waals surface area contributed by atoms with Gasteiger partial charge in [-0.3, -0.25) is 19.2 Å². The van der Waals surface area contributed by atoms with Crippen LogP contribution in [0, 0.1) is 0 Å². The van der Waals surface area contributed by atoms with Gasteiger partial charge in [-0.1, -0.05) is 97.4 Å². The maximum absolute atomic E-state index is 13.8. The summed E-state index contributed by atoms with van der Waals surface area (Å²) in [6.45, 7) is 5.46. The van der Waals surface area contributed by atoms with Gasteiger partial charge in [0, 0.05) is 53.5 Å². The maximum atomic E-state index is 13.8. The highest BCUT2D eigenvalue weighted by atomic mass is 32.2. The van der Waals surface area contributed by atoms with Gasteiger partial charge >= 0.3 is 12.1 Å². The third-order valence-electron chi connectivity index (χ3n) is 9.45. The van der Waals surface area contributed by atoms with Gasteiger partial charge in [-0.05, 0) is 56.1 Å². The van der Waals surface area contributed by atoms with Gasteiger partial charge in [-0.25, -0.2) is 9.59 Å². The Kier molecular flexibility index (Phi) is 15.7. The lowest BCUT2D eigenvalue weighted by molar-refractivity contribution is -0.198. The number of imide groups is 1. The Morgan fingerprint density at radius 3 is 1.68 bits per heavy atom. The van der Waals surface area contributed by atoms with Crippen LogP contribution in [0.1, 0.15) is 82.4 Å². The minimum absolute atomic E-state index is 0.0784. The number of carbonyl (C=O) groups is 6. The number of nitrogens with zero attached hydrogens (tertiary/aromatic N) is 4. The van der Waals surface area contributed by atoms with Crippen LogP contribution in [-0.4, -0.2) is 107 Å². The first-order valence-corrected chi connectivity index (χ1v) is 19.9. The molecule has 1 aliphatic heterocycles. The molecule has 4 rings (SSSR count). The zero-order chi connectivity index (χ0) is 40.9. The molecule has 0 N–H and O–H groups in total. The Balaban J connectivity index is 1.40. The Morgan fingerprint density at radius 1 is 0.714 bits per heavy atom. The van der Waals surface area contributed by atoms with Crippen LogP contribution in [0.25, 0.3) is 0 Å². The lowest BCUT2D eigenvalue weighted by Gasteiger charge is -2.35. The van der Waals surface area contributed by atoms with E-state index in [-0.39, 0.29) is 38.3 Å². The molecule has 1 atom stereocenters. The number of unbranched alkanes of at least 4 members (excludes halogenated alkanes) is 2. The number of carbonyl (C=O) groups excluding carboxylic acids is 6. The molecule has 0 unspecified atom stereocenters. The van der Waals surface area contributed by atoms with Crippen molar-refractivity contribution >= 4 is 47.5 Å². The minimum Gasteiger partial charge on any atom is -0.444 e. The van der Waals surface area contributed by atoms with Crippen LogP contribution >= 0.6 is 11.8 Å². The van der Waals surface area contributed by atoms with E-state index >= 15 is 0 Å². The van der Waals surface area contributed by atoms with E-state index in [1.807, 2.05) is 30.0 Å². The maximum Gasteiger partial charge on any atom is 0.410 e. The highest BCUT2D eigenvalue weighted by molar-refractivity contribution is 8.00. The number of amides is 5. The van der Waals surface area contributed by atoms with E-state index in [2.05, 4.69) is 72.8 Å². The summed E-state index contributed by atoms with van der Waals surface area (Å²) in [7, 11) is 4.51. The van der Waals surface area contributed by atoms with Gasteiger partial charge in [-0.2, -0.15) is 0 Å². The fourth-order valence-electron chi connectivity index (χ4n) is 6.34. The van der Waals surface area contributed by atoms with Crippen molar-refractivity contribution in [1.82, 2.24) is 19.8 Å². The zero-order valence-electron chi connectivity index (χ0n) is 33.3. The molecule has 0 bridgehead atoms. The second-order valence-corrected chi connectivity index (χ2v) is 16.2. The zero-order valence-corrected chi connectivity index (χ0v) is 34.1. The molecule has 3 aromatic rings. The lowest BCUT2D eigenvalue weighted by atomic mass is 9.84. The molecule has 1 saturated heterocycles. The molecule has 0 spiro atoms. The molecule has 5 amide bonds. The Morgan fingerprint density at radius 2 is 1.20 bits per heavy atom. The third-order valence-corrected chi connectivity index (χ3v) is 11.1. The molecule has 300 valence electrons. The van der Waals surface area contributed by atoms with Crippen molar-refractivity contribution in [2.45, 2.75) is 82.1 Å². The predicted octanol–water partition coefficient (Wildman–Crippen LogP) is 6.42. The van der Waals surface area contributed by atoms with E-state index < -0.39 is 52.6 Å². The summed E-state index contributed by atoms with van der Waals surface area (Å²) in [5, 5.41) is 0.422. The summed E-state index contributed by atoms with van der Waals surface area (Å²) in [4.78, 5) is 86.0. The second kappa shape index (κ2) is 20.1. The number of rotatable bonds is 18. The Labute approximate surface area is 334 Å². The van der Waals surface area contributed by atoms with Crippen molar-refractivity contribution in [2.24, 2.45) is 0 Å². The molecule has 1 heterocycles. The molecule has 13 heteroatoms. The number of hydrogen-bond acceptors (Lipinski definition) is 9. The van der Waals surface area contributed by atoms with Crippen molar-refractivity contribution in [1.29, 1.82) is 0 Å². The molecule has 0 aliphatic carbocycles. The minimum atomic E-state index is -1.28. The summed E-state index contributed by atoms with van der Waals surface area (Å²) in [5.74, 6) is -2.39. The van der Waals surface area contributed by atoms with Gasteiger partial charge in [0.15, 0.2) is 0 Å². The number of thioether (sulfide) groups is 1. The summed E-state index contributed by atoms with van der Waals surface area (Å²) >= 11 is 1.85. The predicted molar refractivity (Wildman–Crippen MR) is 215 cm³/mol. The van der Waals surface area contributed by atoms with E-state index in [0.717, 1.165) is 18.6 Å². The Bertz CT molecular complexity index is 1690. The highest BCUT2D eigenvalue weighted by Gasteiger charge is 2.38. The third kappa shape index (κ3) is 11.7. The van der Waals surface area contributed by atoms with E-state index in [1.165, 1.54) is 45.5 Å². The van der Waals surface area contributed by atoms with E-state index in [4.69, 9.17) is 9.57 Å². The molecule has 3 aromatic carbocycles. The van der Waals surface area contributed by atoms with Gasteiger partial charge in [0.25, 0.3) is 11.8 Å². The summed E-state index contributed by atoms with van der Waals surface area (Å²) in [5.41, 5.74) is 2.82. The quantitative estimate of drug-likeness (QED) is 0.0814. The first-order valence-electron chi connectivity index (χ1n) is 19.0. The van der Waals surface area contributed by atoms with Crippen LogP contribution in [0.15, 0.2) is 91.0 Å². The number of benzene rings is 3. The van der Waals surface area contributed by atoms with Gasteiger partial charge in [0.1, 0.15) is 11.6 Å². The van der Waals surface area contributed by atoms with Crippen LogP contribution in [-0.2, 0) is 38.3 Å². The standard InChI is InChI=1S/C43H54N4O8S/c1-42(2,3)54-41(53)45(5)29-28-44(4)40(52)35(31-39(51)55-47-37(49)26-27-38(47)50)46(6)36(48)25-17-10-18-30-56-43(32-19-11-7-12-20-32,33-21-13-8-14-22-33)34-23-15-9-16-24-34/h7-9,11-16,19-24,35H,10,17-18,25-31H2,1-6H3/t35-/m0/s1. The van der Waals surface area contributed by atoms with Crippen LogP contribution < -0.4 is 0 Å². The van der Waals surface area contributed by atoms with Crippen molar-refractivity contribution in [3.8, 4) is 0 Å². The second-order valence-electron chi connectivity index (χ2n) is 14.9. The van der Waals surface area contributed by atoms with Crippen LogP contribution in [0.4, 0.5) is 4.79 Å². The molecule has 12 nitrogen and oxygen atoms in total. The lowest BCUT2D eigenvalue weighted by Crippen LogP contribution is -2.51. The van der Waals surface area contributed by atoms with Crippen LogP contribution in [0.3, 0.4) is 0 Å². The molecule has 0 radical (unpaired) electrons.